The monoisotopic (exact) mass is 211 g/mol. The predicted octanol–water partition coefficient (Wildman–Crippen LogP) is 1.76. The summed E-state index contributed by atoms with van der Waals surface area (Å²) < 4.78 is 0. The standard InChI is InChI=1S/C12H21NO2/c1-8(2)7-13-12(15)6-10-4-5-11(14)9(10)3/h8-10H,4-7H2,1-3H3,(H,13,15)/t9-,10-/m1/s1. The highest BCUT2D eigenvalue weighted by molar-refractivity contribution is 5.84. The van der Waals surface area contributed by atoms with Crippen LogP contribution in [-0.4, -0.2) is 18.2 Å². The third kappa shape index (κ3) is 3.65. The second-order valence-corrected chi connectivity index (χ2v) is 4.96. The van der Waals surface area contributed by atoms with E-state index >= 15 is 0 Å². The minimum absolute atomic E-state index is 0.0785. The summed E-state index contributed by atoms with van der Waals surface area (Å²) in [6.07, 6.45) is 2.05. The van der Waals surface area contributed by atoms with Crippen LogP contribution in [-0.2, 0) is 9.59 Å². The molecule has 0 heterocycles. The number of ketones is 1. The highest BCUT2D eigenvalue weighted by atomic mass is 16.1. The van der Waals surface area contributed by atoms with Crippen LogP contribution in [0.15, 0.2) is 0 Å². The first kappa shape index (κ1) is 12.2. The van der Waals surface area contributed by atoms with Crippen molar-refractivity contribution >= 4 is 11.7 Å². The van der Waals surface area contributed by atoms with Crippen LogP contribution in [0.5, 0.6) is 0 Å². The number of carbonyl (C=O) groups is 2. The SMILES string of the molecule is CC(C)CNC(=O)C[C@H]1CCC(=O)[C@@H]1C. The Morgan fingerprint density at radius 1 is 1.53 bits per heavy atom. The van der Waals surface area contributed by atoms with Gasteiger partial charge >= 0.3 is 0 Å². The van der Waals surface area contributed by atoms with Gasteiger partial charge in [0, 0.05) is 25.3 Å². The molecule has 0 radical (unpaired) electrons. The Hall–Kier alpha value is -0.860. The van der Waals surface area contributed by atoms with Crippen LogP contribution in [0.4, 0.5) is 0 Å². The topological polar surface area (TPSA) is 46.2 Å². The third-order valence-electron chi connectivity index (χ3n) is 3.13. The highest BCUT2D eigenvalue weighted by Crippen LogP contribution is 2.30. The van der Waals surface area contributed by atoms with Crippen molar-refractivity contribution in [1.29, 1.82) is 0 Å². The summed E-state index contributed by atoms with van der Waals surface area (Å²) in [4.78, 5) is 22.8. The fourth-order valence-electron chi connectivity index (χ4n) is 1.98. The molecule has 3 nitrogen and oxygen atoms in total. The van der Waals surface area contributed by atoms with Crippen molar-refractivity contribution < 1.29 is 9.59 Å². The second kappa shape index (κ2) is 5.29. The molecule has 1 aliphatic rings. The van der Waals surface area contributed by atoms with E-state index in [1.54, 1.807) is 0 Å². The molecule has 0 spiro atoms. The largest absolute Gasteiger partial charge is 0.356 e. The van der Waals surface area contributed by atoms with Crippen LogP contribution >= 0.6 is 0 Å². The molecule has 1 rings (SSSR count). The molecule has 0 aliphatic heterocycles. The van der Waals surface area contributed by atoms with Gasteiger partial charge in [-0.05, 0) is 18.3 Å². The maximum absolute atomic E-state index is 11.5. The molecule has 0 aromatic carbocycles. The zero-order valence-electron chi connectivity index (χ0n) is 9.88. The maximum atomic E-state index is 11.5. The minimum Gasteiger partial charge on any atom is -0.356 e. The summed E-state index contributed by atoms with van der Waals surface area (Å²) in [6, 6.07) is 0. The lowest BCUT2D eigenvalue weighted by atomic mass is 9.94. The smallest absolute Gasteiger partial charge is 0.220 e. The Balaban J connectivity index is 2.29. The van der Waals surface area contributed by atoms with Gasteiger partial charge in [0.1, 0.15) is 5.78 Å². The number of carbonyl (C=O) groups excluding carboxylic acids is 2. The van der Waals surface area contributed by atoms with E-state index in [9.17, 15) is 9.59 Å². The van der Waals surface area contributed by atoms with Crippen LogP contribution in [0.2, 0.25) is 0 Å². The molecule has 15 heavy (non-hydrogen) atoms. The van der Waals surface area contributed by atoms with E-state index < -0.39 is 0 Å². The zero-order chi connectivity index (χ0) is 11.4. The van der Waals surface area contributed by atoms with Crippen molar-refractivity contribution in [1.82, 2.24) is 5.32 Å². The normalized spacial score (nSPS) is 26.0. The Bertz CT molecular complexity index is 248. The Morgan fingerprint density at radius 2 is 2.20 bits per heavy atom. The van der Waals surface area contributed by atoms with Gasteiger partial charge in [-0.15, -0.1) is 0 Å². The average molecular weight is 211 g/mol. The van der Waals surface area contributed by atoms with E-state index in [0.717, 1.165) is 13.0 Å². The third-order valence-corrected chi connectivity index (χ3v) is 3.13. The average Bonchev–Trinajstić information content (AvgIpc) is 2.47. The van der Waals surface area contributed by atoms with E-state index in [2.05, 4.69) is 19.2 Å². The van der Waals surface area contributed by atoms with Gasteiger partial charge in [-0.1, -0.05) is 20.8 Å². The van der Waals surface area contributed by atoms with Gasteiger partial charge in [-0.3, -0.25) is 9.59 Å². The summed E-state index contributed by atoms with van der Waals surface area (Å²) in [5, 5.41) is 2.89. The molecule has 1 saturated carbocycles. The Kier molecular flexibility index (Phi) is 4.30. The number of hydrogen-bond acceptors (Lipinski definition) is 2. The van der Waals surface area contributed by atoms with Crippen LogP contribution in [0.1, 0.15) is 40.0 Å². The molecule has 0 aromatic heterocycles. The molecule has 1 aliphatic carbocycles. The van der Waals surface area contributed by atoms with Crippen LogP contribution in [0.25, 0.3) is 0 Å². The van der Waals surface area contributed by atoms with E-state index in [1.807, 2.05) is 6.92 Å². The number of amides is 1. The summed E-state index contributed by atoms with van der Waals surface area (Å²) in [5.41, 5.74) is 0. The first-order valence-electron chi connectivity index (χ1n) is 5.80. The zero-order valence-corrected chi connectivity index (χ0v) is 9.88. The Labute approximate surface area is 91.6 Å². The van der Waals surface area contributed by atoms with Gasteiger partial charge in [-0.2, -0.15) is 0 Å². The Morgan fingerprint density at radius 3 is 2.67 bits per heavy atom. The van der Waals surface area contributed by atoms with Crippen LogP contribution in [0.3, 0.4) is 0 Å². The van der Waals surface area contributed by atoms with E-state index in [1.165, 1.54) is 0 Å². The molecule has 0 aromatic rings. The molecule has 2 atom stereocenters. The fraction of sp³-hybridized carbons (Fsp3) is 0.833. The van der Waals surface area contributed by atoms with Crippen molar-refractivity contribution in [3.8, 4) is 0 Å². The second-order valence-electron chi connectivity index (χ2n) is 4.96. The molecule has 0 bridgehead atoms. The number of hydrogen-bond donors (Lipinski definition) is 1. The lowest BCUT2D eigenvalue weighted by Gasteiger charge is -2.14. The summed E-state index contributed by atoms with van der Waals surface area (Å²) in [7, 11) is 0. The van der Waals surface area contributed by atoms with Gasteiger partial charge < -0.3 is 5.32 Å². The number of nitrogens with one attached hydrogen (secondary N) is 1. The molecule has 86 valence electrons. The molecule has 0 unspecified atom stereocenters. The number of Topliss-reactive ketones (excluding diaryl/α,β-unsaturated/α-hetero) is 1. The highest BCUT2D eigenvalue weighted by Gasteiger charge is 2.31. The number of rotatable bonds is 4. The lowest BCUT2D eigenvalue weighted by molar-refractivity contribution is -0.123. The van der Waals surface area contributed by atoms with Gasteiger partial charge in [0.05, 0.1) is 0 Å². The quantitative estimate of drug-likeness (QED) is 0.770. The van der Waals surface area contributed by atoms with Crippen LogP contribution in [0, 0.1) is 17.8 Å². The van der Waals surface area contributed by atoms with Crippen molar-refractivity contribution in [3.05, 3.63) is 0 Å². The molecule has 1 fully saturated rings. The van der Waals surface area contributed by atoms with Gasteiger partial charge in [0.15, 0.2) is 0 Å². The molecular weight excluding hydrogens is 190 g/mol. The maximum Gasteiger partial charge on any atom is 0.220 e. The van der Waals surface area contributed by atoms with E-state index in [-0.39, 0.29) is 17.7 Å². The van der Waals surface area contributed by atoms with Gasteiger partial charge in [-0.25, -0.2) is 0 Å². The van der Waals surface area contributed by atoms with Crippen molar-refractivity contribution in [2.24, 2.45) is 17.8 Å². The first-order chi connectivity index (χ1) is 7.00. The predicted molar refractivity (Wildman–Crippen MR) is 59.4 cm³/mol. The van der Waals surface area contributed by atoms with Crippen molar-refractivity contribution in [3.63, 3.8) is 0 Å². The van der Waals surface area contributed by atoms with Gasteiger partial charge in [0.25, 0.3) is 0 Å². The molecule has 1 N–H and O–H groups in total. The minimum atomic E-state index is 0.0785. The molecular formula is C12H21NO2. The first-order valence-corrected chi connectivity index (χ1v) is 5.80. The fourth-order valence-corrected chi connectivity index (χ4v) is 1.98. The van der Waals surface area contributed by atoms with E-state index in [0.29, 0.717) is 24.5 Å². The summed E-state index contributed by atoms with van der Waals surface area (Å²) in [5.74, 6) is 1.24. The summed E-state index contributed by atoms with van der Waals surface area (Å²) in [6.45, 7) is 6.81. The van der Waals surface area contributed by atoms with E-state index in [4.69, 9.17) is 0 Å². The summed E-state index contributed by atoms with van der Waals surface area (Å²) >= 11 is 0. The molecule has 3 heteroatoms. The lowest BCUT2D eigenvalue weighted by Crippen LogP contribution is -2.29. The molecule has 1 amide bonds. The van der Waals surface area contributed by atoms with Gasteiger partial charge in [0.2, 0.25) is 5.91 Å². The van der Waals surface area contributed by atoms with Crippen LogP contribution < -0.4 is 5.32 Å². The van der Waals surface area contributed by atoms with Crippen molar-refractivity contribution in [2.75, 3.05) is 6.54 Å². The molecule has 0 saturated heterocycles. The van der Waals surface area contributed by atoms with Crippen molar-refractivity contribution in [2.45, 2.75) is 40.0 Å².